The van der Waals surface area contributed by atoms with Crippen molar-refractivity contribution in [2.75, 3.05) is 31.6 Å². The minimum Gasteiger partial charge on any atom is -0.490 e. The van der Waals surface area contributed by atoms with Gasteiger partial charge in [-0.05, 0) is 31.4 Å². The van der Waals surface area contributed by atoms with Crippen LogP contribution in [0.4, 0.5) is 10.5 Å². The Hall–Kier alpha value is -2.44. The molecule has 0 saturated carbocycles. The minimum absolute atomic E-state index is 0.234. The maximum absolute atomic E-state index is 12.3. The second-order valence-corrected chi connectivity index (χ2v) is 6.06. The predicted octanol–water partition coefficient (Wildman–Crippen LogP) is 3.20. The number of ether oxygens (including phenoxy) is 2. The molecule has 7 heteroatoms. The number of carbonyl (C=O) groups excluding carboxylic acids is 1. The number of carboxylic acids is 1. The molecule has 1 saturated heterocycles. The van der Waals surface area contributed by atoms with Crippen LogP contribution in [0.5, 0.6) is 11.5 Å². The lowest BCUT2D eigenvalue weighted by Crippen LogP contribution is -2.33. The van der Waals surface area contributed by atoms with Gasteiger partial charge in [-0.3, -0.25) is 4.79 Å². The molecule has 0 aliphatic carbocycles. The van der Waals surface area contributed by atoms with Gasteiger partial charge in [0.25, 0.3) is 0 Å². The Morgan fingerprint density at radius 2 is 1.88 bits per heavy atom. The Kier molecular flexibility index (Phi) is 6.91. The highest BCUT2D eigenvalue weighted by Crippen LogP contribution is 2.31. The second-order valence-electron chi connectivity index (χ2n) is 6.06. The molecular formula is C18H26N2O5. The normalized spacial score (nSPS) is 16.6. The summed E-state index contributed by atoms with van der Waals surface area (Å²) < 4.78 is 11.4. The van der Waals surface area contributed by atoms with E-state index in [1.807, 2.05) is 13.8 Å². The molecule has 2 amide bonds. The van der Waals surface area contributed by atoms with E-state index in [1.54, 1.807) is 18.2 Å². The Morgan fingerprint density at radius 1 is 1.20 bits per heavy atom. The first kappa shape index (κ1) is 18.9. The van der Waals surface area contributed by atoms with Crippen LogP contribution in [-0.2, 0) is 4.79 Å². The number of rotatable bonds is 8. The monoisotopic (exact) mass is 350 g/mol. The molecule has 1 aliphatic rings. The Bertz CT molecular complexity index is 605. The summed E-state index contributed by atoms with van der Waals surface area (Å²) in [7, 11) is 0. The number of anilines is 1. The number of likely N-dealkylation sites (tertiary alicyclic amines) is 1. The summed E-state index contributed by atoms with van der Waals surface area (Å²) in [5.74, 6) is -0.0969. The third-order valence-corrected chi connectivity index (χ3v) is 3.94. The maximum Gasteiger partial charge on any atom is 0.321 e. The SMILES string of the molecule is CCCOc1ccc(NC(=O)N2CCC(C(=O)O)C2)cc1OCCC. The Morgan fingerprint density at radius 3 is 2.48 bits per heavy atom. The van der Waals surface area contributed by atoms with Gasteiger partial charge < -0.3 is 24.8 Å². The molecular weight excluding hydrogens is 324 g/mol. The zero-order valence-corrected chi connectivity index (χ0v) is 14.8. The number of amides is 2. The number of aliphatic carboxylic acids is 1. The largest absolute Gasteiger partial charge is 0.490 e. The van der Waals surface area contributed by atoms with E-state index in [2.05, 4.69) is 5.32 Å². The van der Waals surface area contributed by atoms with E-state index in [-0.39, 0.29) is 12.6 Å². The molecule has 1 unspecified atom stereocenters. The maximum atomic E-state index is 12.3. The van der Waals surface area contributed by atoms with Crippen molar-refractivity contribution < 1.29 is 24.2 Å². The number of benzene rings is 1. The fourth-order valence-corrected chi connectivity index (χ4v) is 2.59. The average molecular weight is 350 g/mol. The van der Waals surface area contributed by atoms with E-state index in [1.165, 1.54) is 4.90 Å². The van der Waals surface area contributed by atoms with Crippen LogP contribution < -0.4 is 14.8 Å². The number of carbonyl (C=O) groups is 2. The van der Waals surface area contributed by atoms with Gasteiger partial charge in [0.05, 0.1) is 19.1 Å². The van der Waals surface area contributed by atoms with Crippen molar-refractivity contribution >= 4 is 17.7 Å². The van der Waals surface area contributed by atoms with Gasteiger partial charge >= 0.3 is 12.0 Å². The number of hydrogen-bond donors (Lipinski definition) is 2. The number of urea groups is 1. The summed E-state index contributed by atoms with van der Waals surface area (Å²) in [5.41, 5.74) is 0.596. The van der Waals surface area contributed by atoms with Crippen LogP contribution in [0.3, 0.4) is 0 Å². The molecule has 1 aromatic carbocycles. The van der Waals surface area contributed by atoms with Gasteiger partial charge in [-0.25, -0.2) is 4.79 Å². The predicted molar refractivity (Wildman–Crippen MR) is 94.3 cm³/mol. The zero-order chi connectivity index (χ0) is 18.2. The quantitative estimate of drug-likeness (QED) is 0.752. The fourth-order valence-electron chi connectivity index (χ4n) is 2.59. The topological polar surface area (TPSA) is 88.1 Å². The van der Waals surface area contributed by atoms with E-state index < -0.39 is 11.9 Å². The molecule has 0 aromatic heterocycles. The average Bonchev–Trinajstić information content (AvgIpc) is 3.09. The zero-order valence-electron chi connectivity index (χ0n) is 14.8. The van der Waals surface area contributed by atoms with Crippen LogP contribution in [0, 0.1) is 5.92 Å². The second kappa shape index (κ2) is 9.15. The van der Waals surface area contributed by atoms with Crippen LogP contribution in [0.25, 0.3) is 0 Å². The lowest BCUT2D eigenvalue weighted by molar-refractivity contribution is -0.141. The minimum atomic E-state index is -0.858. The molecule has 1 fully saturated rings. The van der Waals surface area contributed by atoms with E-state index in [4.69, 9.17) is 14.6 Å². The number of nitrogens with zero attached hydrogens (tertiary/aromatic N) is 1. The molecule has 0 radical (unpaired) electrons. The molecule has 1 aliphatic heterocycles. The van der Waals surface area contributed by atoms with Crippen LogP contribution in [0.15, 0.2) is 18.2 Å². The van der Waals surface area contributed by atoms with E-state index in [9.17, 15) is 9.59 Å². The number of nitrogens with one attached hydrogen (secondary N) is 1. The van der Waals surface area contributed by atoms with Gasteiger partial charge in [-0.1, -0.05) is 13.8 Å². The fraction of sp³-hybridized carbons (Fsp3) is 0.556. The molecule has 1 aromatic rings. The van der Waals surface area contributed by atoms with Crippen molar-refractivity contribution in [1.82, 2.24) is 4.90 Å². The highest BCUT2D eigenvalue weighted by Gasteiger charge is 2.30. The highest BCUT2D eigenvalue weighted by atomic mass is 16.5. The molecule has 138 valence electrons. The molecule has 0 bridgehead atoms. The van der Waals surface area contributed by atoms with Gasteiger partial charge in [-0.15, -0.1) is 0 Å². The summed E-state index contributed by atoms with van der Waals surface area (Å²) in [6.07, 6.45) is 2.25. The molecule has 1 heterocycles. The molecule has 0 spiro atoms. The summed E-state index contributed by atoms with van der Waals surface area (Å²) >= 11 is 0. The van der Waals surface area contributed by atoms with Gasteiger partial charge in [0.1, 0.15) is 0 Å². The number of hydrogen-bond acceptors (Lipinski definition) is 4. The van der Waals surface area contributed by atoms with Crippen LogP contribution in [-0.4, -0.2) is 48.3 Å². The van der Waals surface area contributed by atoms with E-state index >= 15 is 0 Å². The van der Waals surface area contributed by atoms with E-state index in [0.717, 1.165) is 12.8 Å². The van der Waals surface area contributed by atoms with Crippen molar-refractivity contribution in [3.63, 3.8) is 0 Å². The molecule has 1 atom stereocenters. The van der Waals surface area contributed by atoms with Crippen molar-refractivity contribution in [2.24, 2.45) is 5.92 Å². The van der Waals surface area contributed by atoms with Gasteiger partial charge in [0, 0.05) is 24.8 Å². The third-order valence-electron chi connectivity index (χ3n) is 3.94. The summed E-state index contributed by atoms with van der Waals surface area (Å²) in [6.45, 7) is 5.88. The van der Waals surface area contributed by atoms with Crippen molar-refractivity contribution in [3.8, 4) is 11.5 Å². The molecule has 7 nitrogen and oxygen atoms in total. The lowest BCUT2D eigenvalue weighted by atomic mass is 10.1. The van der Waals surface area contributed by atoms with E-state index in [0.29, 0.717) is 43.4 Å². The first-order valence-corrected chi connectivity index (χ1v) is 8.73. The van der Waals surface area contributed by atoms with Gasteiger partial charge in [0.15, 0.2) is 11.5 Å². The van der Waals surface area contributed by atoms with Crippen molar-refractivity contribution in [1.29, 1.82) is 0 Å². The van der Waals surface area contributed by atoms with Gasteiger partial charge in [0.2, 0.25) is 0 Å². The van der Waals surface area contributed by atoms with Crippen molar-refractivity contribution in [2.45, 2.75) is 33.1 Å². The van der Waals surface area contributed by atoms with Crippen LogP contribution in [0.2, 0.25) is 0 Å². The van der Waals surface area contributed by atoms with Crippen LogP contribution in [0.1, 0.15) is 33.1 Å². The Balaban J connectivity index is 2.03. The van der Waals surface area contributed by atoms with Gasteiger partial charge in [-0.2, -0.15) is 0 Å². The van der Waals surface area contributed by atoms with Crippen molar-refractivity contribution in [3.05, 3.63) is 18.2 Å². The van der Waals surface area contributed by atoms with Crippen LogP contribution >= 0.6 is 0 Å². The smallest absolute Gasteiger partial charge is 0.321 e. The first-order valence-electron chi connectivity index (χ1n) is 8.73. The highest BCUT2D eigenvalue weighted by molar-refractivity contribution is 5.90. The summed E-state index contributed by atoms with van der Waals surface area (Å²) in [5, 5.41) is 11.8. The Labute approximate surface area is 147 Å². The standard InChI is InChI=1S/C18H26N2O5/c1-3-9-24-15-6-5-14(11-16(15)25-10-4-2)19-18(23)20-8-7-13(12-20)17(21)22/h5-6,11,13H,3-4,7-10,12H2,1-2H3,(H,19,23)(H,21,22). The molecule has 2 rings (SSSR count). The summed E-state index contributed by atoms with van der Waals surface area (Å²) in [4.78, 5) is 24.8. The number of carboxylic acid groups (broad SMARTS) is 1. The lowest BCUT2D eigenvalue weighted by Gasteiger charge is -2.18. The molecule has 2 N–H and O–H groups in total. The summed E-state index contributed by atoms with van der Waals surface area (Å²) in [6, 6.07) is 4.98. The molecule has 25 heavy (non-hydrogen) atoms. The third kappa shape index (κ3) is 5.27. The first-order chi connectivity index (χ1) is 12.0.